The summed E-state index contributed by atoms with van der Waals surface area (Å²) in [5, 5.41) is 30.6. The predicted molar refractivity (Wildman–Crippen MR) is 179 cm³/mol. The average Bonchev–Trinajstić information content (AvgIpc) is 3.46. The molecule has 1 aromatic heterocycles. The summed E-state index contributed by atoms with van der Waals surface area (Å²) in [4.78, 5) is 30.0. The Bertz CT molecular complexity index is 1700. The van der Waals surface area contributed by atoms with Crippen molar-refractivity contribution in [3.8, 4) is 5.69 Å². The molecule has 10 heteroatoms. The van der Waals surface area contributed by atoms with E-state index in [1.54, 1.807) is 52.0 Å². The zero-order valence-electron chi connectivity index (χ0n) is 27.3. The van der Waals surface area contributed by atoms with E-state index < -0.39 is 24.2 Å². The lowest BCUT2D eigenvalue weighted by atomic mass is 9.97. The number of hydrogen-bond acceptors (Lipinski definition) is 6. The molecule has 1 aliphatic rings. The second kappa shape index (κ2) is 15.5. The van der Waals surface area contributed by atoms with Crippen LogP contribution in [0.5, 0.6) is 0 Å². The van der Waals surface area contributed by atoms with Gasteiger partial charge in [-0.3, -0.25) is 9.59 Å². The molecule has 5 rings (SSSR count). The van der Waals surface area contributed by atoms with Crippen LogP contribution in [0.15, 0.2) is 72.8 Å². The lowest BCUT2D eigenvalue weighted by Crippen LogP contribution is -2.42. The predicted octanol–water partition coefficient (Wildman–Crippen LogP) is 5.91. The highest BCUT2D eigenvalue weighted by molar-refractivity contribution is 5.93. The highest BCUT2D eigenvalue weighted by Crippen LogP contribution is 2.34. The molecule has 0 bridgehead atoms. The first-order valence-electron chi connectivity index (χ1n) is 16.4. The number of aliphatic hydroxyl groups is 2. The molecular weight excluding hydrogens is 597 g/mol. The van der Waals surface area contributed by atoms with E-state index in [4.69, 9.17) is 5.10 Å². The van der Waals surface area contributed by atoms with E-state index in [0.717, 1.165) is 36.8 Å². The van der Waals surface area contributed by atoms with Crippen LogP contribution in [0, 0.1) is 12.7 Å². The maximum atomic E-state index is 14.2. The number of fused-ring (bicyclic) bond motifs is 1. The third kappa shape index (κ3) is 7.96. The number of carbonyl (C=O) groups is 2. The first-order chi connectivity index (χ1) is 22.7. The Labute approximate surface area is 275 Å². The Balaban J connectivity index is 1.49. The van der Waals surface area contributed by atoms with Gasteiger partial charge in [-0.1, -0.05) is 69.2 Å². The topological polar surface area (TPSA) is 111 Å². The molecule has 1 unspecified atom stereocenters. The Morgan fingerprint density at radius 3 is 2.38 bits per heavy atom. The van der Waals surface area contributed by atoms with E-state index in [2.05, 4.69) is 19.2 Å². The van der Waals surface area contributed by atoms with Gasteiger partial charge in [0.2, 0.25) is 5.91 Å². The van der Waals surface area contributed by atoms with E-state index in [-0.39, 0.29) is 17.9 Å². The van der Waals surface area contributed by atoms with Crippen LogP contribution in [-0.2, 0) is 24.2 Å². The summed E-state index contributed by atoms with van der Waals surface area (Å²) in [5.74, 6) is -1.02. The van der Waals surface area contributed by atoms with Crippen LogP contribution in [0.4, 0.5) is 10.1 Å². The van der Waals surface area contributed by atoms with Crippen molar-refractivity contribution in [2.75, 3.05) is 18.4 Å². The summed E-state index contributed by atoms with van der Waals surface area (Å²) in [7, 11) is 0. The van der Waals surface area contributed by atoms with Crippen LogP contribution in [-0.4, -0.2) is 60.9 Å². The Hall–Kier alpha value is -4.38. The fraction of sp³-hybridized carbons (Fsp3) is 0.378. The monoisotopic (exact) mass is 641 g/mol. The number of aliphatic hydroxyl groups excluding tert-OH is 2. The van der Waals surface area contributed by atoms with Crippen molar-refractivity contribution in [3.05, 3.63) is 112 Å². The molecule has 0 spiro atoms. The number of unbranched alkanes of at least 4 members (excludes halogenated alkanes) is 2. The molecular formula is C37H44FN5O4. The number of rotatable bonds is 13. The lowest BCUT2D eigenvalue weighted by Gasteiger charge is -2.37. The van der Waals surface area contributed by atoms with Crippen LogP contribution in [0.2, 0.25) is 0 Å². The molecule has 2 heterocycles. The van der Waals surface area contributed by atoms with Gasteiger partial charge in [-0.05, 0) is 66.8 Å². The first kappa shape index (κ1) is 34.0. The molecule has 0 radical (unpaired) electrons. The maximum Gasteiger partial charge on any atom is 0.274 e. The van der Waals surface area contributed by atoms with Gasteiger partial charge in [-0.25, -0.2) is 14.0 Å². The number of benzene rings is 3. The van der Waals surface area contributed by atoms with Crippen molar-refractivity contribution >= 4 is 17.5 Å². The van der Waals surface area contributed by atoms with E-state index in [1.165, 1.54) is 6.07 Å². The molecule has 0 fully saturated rings. The van der Waals surface area contributed by atoms with Gasteiger partial charge in [-0.15, -0.1) is 0 Å². The lowest BCUT2D eigenvalue weighted by molar-refractivity contribution is -0.116. The van der Waals surface area contributed by atoms with Gasteiger partial charge in [0.25, 0.3) is 5.91 Å². The number of hydrogen-bond donors (Lipinski definition) is 3. The van der Waals surface area contributed by atoms with E-state index in [9.17, 15) is 24.2 Å². The van der Waals surface area contributed by atoms with Crippen LogP contribution in [0.25, 0.3) is 5.69 Å². The highest BCUT2D eigenvalue weighted by atomic mass is 19.1. The third-order valence-electron chi connectivity index (χ3n) is 8.65. The summed E-state index contributed by atoms with van der Waals surface area (Å²) in [6.45, 7) is 7.64. The molecule has 0 aliphatic carbocycles. The van der Waals surface area contributed by atoms with Crippen LogP contribution in [0.1, 0.15) is 84.2 Å². The minimum absolute atomic E-state index is 0.143. The van der Waals surface area contributed by atoms with Crippen molar-refractivity contribution in [1.29, 1.82) is 0 Å². The molecule has 1 aliphatic heterocycles. The van der Waals surface area contributed by atoms with Gasteiger partial charge in [-0.2, -0.15) is 5.10 Å². The second-order valence-corrected chi connectivity index (χ2v) is 12.2. The van der Waals surface area contributed by atoms with Crippen molar-refractivity contribution in [2.45, 2.75) is 78.3 Å². The number of halogens is 1. The Morgan fingerprint density at radius 1 is 1.00 bits per heavy atom. The minimum atomic E-state index is -1.29. The van der Waals surface area contributed by atoms with Crippen molar-refractivity contribution in [1.82, 2.24) is 19.6 Å². The molecule has 3 N–H and O–H groups in total. The number of anilines is 1. The highest BCUT2D eigenvalue weighted by Gasteiger charge is 2.32. The van der Waals surface area contributed by atoms with Crippen LogP contribution in [0.3, 0.4) is 0 Å². The quantitative estimate of drug-likeness (QED) is 0.167. The van der Waals surface area contributed by atoms with Gasteiger partial charge in [0.1, 0.15) is 18.3 Å². The largest absolute Gasteiger partial charge is 0.378 e. The van der Waals surface area contributed by atoms with Crippen molar-refractivity contribution in [2.24, 2.45) is 0 Å². The molecule has 2 amide bonds. The third-order valence-corrected chi connectivity index (χ3v) is 8.65. The van der Waals surface area contributed by atoms with E-state index in [1.807, 2.05) is 36.1 Å². The summed E-state index contributed by atoms with van der Waals surface area (Å²) >= 11 is 0. The van der Waals surface area contributed by atoms with Crippen molar-refractivity contribution in [3.63, 3.8) is 0 Å². The first-order valence-corrected chi connectivity index (χ1v) is 16.4. The van der Waals surface area contributed by atoms with Crippen molar-refractivity contribution < 1.29 is 24.2 Å². The SMILES string of the molecule is CCCCN(CCCC)C(=O)c1cc(C)n(-c2ccc(NC(=O)Cc3ccccc3F)cc2C(O)N2Cc3ccccc3C[C@H]2O)n1. The number of aromatic nitrogens is 2. The zero-order valence-corrected chi connectivity index (χ0v) is 27.3. The number of aryl methyl sites for hydroxylation is 1. The zero-order chi connectivity index (χ0) is 33.5. The molecule has 47 heavy (non-hydrogen) atoms. The molecule has 248 valence electrons. The molecule has 3 aromatic carbocycles. The molecule has 2 atom stereocenters. The average molecular weight is 642 g/mol. The Morgan fingerprint density at radius 2 is 1.68 bits per heavy atom. The standard InChI is InChI=1S/C37H44FN5O4/c1-4-6-18-41(19-7-5-2)37(47)32-20-25(3)43(40-32)33-17-16-29(39-34(44)21-27-13-10-11-15-31(27)38)23-30(33)36(46)42-24-28-14-9-8-12-26(28)22-35(42)45/h8-17,20,23,35-36,45-46H,4-7,18-19,21-22,24H2,1-3H3,(H,39,44)/t35-,36?/m1/s1. The van der Waals surface area contributed by atoms with E-state index in [0.29, 0.717) is 54.4 Å². The number of nitrogens with zero attached hydrogens (tertiary/aromatic N) is 4. The molecule has 9 nitrogen and oxygen atoms in total. The fourth-order valence-electron chi connectivity index (χ4n) is 6.00. The van der Waals surface area contributed by atoms with Gasteiger partial charge in [0.15, 0.2) is 5.69 Å². The fourth-order valence-corrected chi connectivity index (χ4v) is 6.00. The molecule has 0 saturated heterocycles. The van der Waals surface area contributed by atoms with Gasteiger partial charge in [0, 0.05) is 43.0 Å². The normalized spacial score (nSPS) is 15.2. The maximum absolute atomic E-state index is 14.2. The smallest absolute Gasteiger partial charge is 0.274 e. The summed E-state index contributed by atoms with van der Waals surface area (Å²) in [6, 6.07) is 20.7. The minimum Gasteiger partial charge on any atom is -0.378 e. The second-order valence-electron chi connectivity index (χ2n) is 12.2. The number of amides is 2. The van der Waals surface area contributed by atoms with Crippen LogP contribution >= 0.6 is 0 Å². The number of carbonyl (C=O) groups excluding carboxylic acids is 2. The molecule has 0 saturated carbocycles. The summed E-state index contributed by atoms with van der Waals surface area (Å²) in [5.41, 5.74) is 4.55. The molecule has 4 aromatic rings. The Kier molecular flexibility index (Phi) is 11.2. The summed E-state index contributed by atoms with van der Waals surface area (Å²) < 4.78 is 15.9. The number of nitrogens with one attached hydrogen (secondary N) is 1. The van der Waals surface area contributed by atoms with E-state index >= 15 is 0 Å². The summed E-state index contributed by atoms with van der Waals surface area (Å²) in [6.07, 6.45) is 1.67. The van der Waals surface area contributed by atoms with Gasteiger partial charge < -0.3 is 20.4 Å². The van der Waals surface area contributed by atoms with Crippen LogP contribution < -0.4 is 5.32 Å². The van der Waals surface area contributed by atoms with Gasteiger partial charge >= 0.3 is 0 Å². The van der Waals surface area contributed by atoms with Gasteiger partial charge in [0.05, 0.1) is 12.1 Å².